The Morgan fingerprint density at radius 2 is 1.75 bits per heavy atom. The lowest BCUT2D eigenvalue weighted by Gasteiger charge is -2.44. The van der Waals surface area contributed by atoms with Crippen LogP contribution in [0, 0.1) is 29.6 Å². The molecule has 5 atom stereocenters. The van der Waals surface area contributed by atoms with E-state index >= 15 is 0 Å². The number of aromatic hydroxyl groups is 1. The number of benzene rings is 1. The van der Waals surface area contributed by atoms with Crippen molar-refractivity contribution in [3.63, 3.8) is 0 Å². The summed E-state index contributed by atoms with van der Waals surface area (Å²) < 4.78 is 0. The summed E-state index contributed by atoms with van der Waals surface area (Å²) in [5, 5.41) is 11.0. The zero-order chi connectivity index (χ0) is 23.5. The van der Waals surface area contributed by atoms with Gasteiger partial charge in [-0.1, -0.05) is 27.5 Å². The van der Waals surface area contributed by atoms with Crippen molar-refractivity contribution in [1.29, 1.82) is 0 Å². The molecule has 0 heterocycles. The van der Waals surface area contributed by atoms with E-state index in [1.54, 1.807) is 0 Å². The Hall–Kier alpha value is -2.39. The van der Waals surface area contributed by atoms with Crippen LogP contribution in [0.3, 0.4) is 0 Å². The Kier molecular flexibility index (Phi) is 5.83. The summed E-state index contributed by atoms with van der Waals surface area (Å²) in [5.74, 6) is -9.64. The third-order valence-corrected chi connectivity index (χ3v) is 7.75. The molecule has 10 heteroatoms. The summed E-state index contributed by atoms with van der Waals surface area (Å²) in [6, 6.07) is 1.53. The average molecular weight is 525 g/mol. The van der Waals surface area contributed by atoms with E-state index in [1.165, 1.54) is 6.07 Å². The number of hydrogen-bond donors (Lipinski definition) is 2. The molecule has 5 unspecified atom stereocenters. The molecule has 3 N–H and O–H groups in total. The molecule has 168 valence electrons. The van der Waals surface area contributed by atoms with Crippen molar-refractivity contribution in [2.45, 2.75) is 25.7 Å². The number of ketones is 5. The van der Waals surface area contributed by atoms with Gasteiger partial charge < -0.3 is 10.8 Å². The summed E-state index contributed by atoms with van der Waals surface area (Å²) in [7, 11) is 0. The fraction of sp³-hybridized carbons (Fsp3) is 0.455. The zero-order valence-electron chi connectivity index (χ0n) is 16.7. The number of halogens is 2. The summed E-state index contributed by atoms with van der Waals surface area (Å²) in [5.41, 5.74) is 5.71. The van der Waals surface area contributed by atoms with Crippen molar-refractivity contribution in [1.82, 2.24) is 0 Å². The van der Waals surface area contributed by atoms with Gasteiger partial charge in [-0.2, -0.15) is 0 Å². The highest BCUT2D eigenvalue weighted by Crippen LogP contribution is 2.49. The number of Topliss-reactive ketones (excluding diaryl/α,β-unsaturated/α-hetero) is 5. The Bertz CT molecular complexity index is 1110. The second kappa shape index (κ2) is 8.19. The van der Waals surface area contributed by atoms with Gasteiger partial charge in [-0.3, -0.25) is 28.8 Å². The maximum absolute atomic E-state index is 13.4. The Morgan fingerprint density at radius 1 is 1.09 bits per heavy atom. The van der Waals surface area contributed by atoms with E-state index in [9.17, 15) is 33.9 Å². The molecule has 4 rings (SSSR count). The highest BCUT2D eigenvalue weighted by molar-refractivity contribution is 9.09. The quantitative estimate of drug-likeness (QED) is 0.446. The standard InChI is InChI=1S/C22H19BrClNO7/c23-6-10(26)5-11-12(24)3-8-1-7-2-9-4-13(27)17(22(25)32)21(31)16(9)20(30)15(7)19(29)14(8)18(11)28/h3,7,9,15-17,28H,1-2,4-6H2,(H2,25,32). The van der Waals surface area contributed by atoms with Crippen molar-refractivity contribution in [2.24, 2.45) is 35.3 Å². The first-order chi connectivity index (χ1) is 15.1. The molecular formula is C22H19BrClNO7. The monoisotopic (exact) mass is 523 g/mol. The summed E-state index contributed by atoms with van der Waals surface area (Å²) in [6.45, 7) is 0. The minimum Gasteiger partial charge on any atom is -0.507 e. The van der Waals surface area contributed by atoms with E-state index in [0.29, 0.717) is 5.56 Å². The van der Waals surface area contributed by atoms with Crippen LogP contribution in [-0.4, -0.2) is 45.3 Å². The number of amides is 1. The fourth-order valence-electron chi connectivity index (χ4n) is 5.47. The number of carbonyl (C=O) groups is 6. The van der Waals surface area contributed by atoms with Crippen molar-refractivity contribution < 1.29 is 33.9 Å². The van der Waals surface area contributed by atoms with Gasteiger partial charge in [0.25, 0.3) is 0 Å². The number of rotatable bonds is 4. The highest BCUT2D eigenvalue weighted by Gasteiger charge is 2.57. The van der Waals surface area contributed by atoms with Crippen LogP contribution in [0.5, 0.6) is 5.75 Å². The number of phenolic OH excluding ortho intramolecular Hbond substituents is 1. The summed E-state index contributed by atoms with van der Waals surface area (Å²) in [6.07, 6.45) is 0.212. The molecule has 32 heavy (non-hydrogen) atoms. The van der Waals surface area contributed by atoms with E-state index in [0.717, 1.165) is 0 Å². The van der Waals surface area contributed by atoms with Gasteiger partial charge in [-0.05, 0) is 36.3 Å². The third kappa shape index (κ3) is 3.42. The molecule has 2 saturated carbocycles. The molecule has 0 bridgehead atoms. The molecule has 0 aliphatic heterocycles. The molecule has 8 nitrogen and oxygen atoms in total. The predicted molar refractivity (Wildman–Crippen MR) is 115 cm³/mol. The number of alkyl halides is 1. The van der Waals surface area contributed by atoms with Crippen molar-refractivity contribution in [3.05, 3.63) is 27.8 Å². The molecule has 0 radical (unpaired) electrons. The second-order valence-corrected chi connectivity index (χ2v) is 9.63. The lowest BCUT2D eigenvalue weighted by molar-refractivity contribution is -0.152. The third-order valence-electron chi connectivity index (χ3n) is 6.79. The molecule has 3 aliphatic rings. The van der Waals surface area contributed by atoms with Gasteiger partial charge in [0.15, 0.2) is 29.1 Å². The van der Waals surface area contributed by atoms with Gasteiger partial charge in [-0.25, -0.2) is 0 Å². The topological polar surface area (TPSA) is 149 Å². The van der Waals surface area contributed by atoms with E-state index in [-0.39, 0.29) is 52.9 Å². The minimum absolute atomic E-state index is 0.0436. The molecule has 0 aromatic heterocycles. The lowest BCUT2D eigenvalue weighted by atomic mass is 9.56. The maximum Gasteiger partial charge on any atom is 0.235 e. The maximum atomic E-state index is 13.4. The zero-order valence-corrected chi connectivity index (χ0v) is 19.1. The summed E-state index contributed by atoms with van der Waals surface area (Å²) in [4.78, 5) is 75.3. The number of fused-ring (bicyclic) bond motifs is 3. The first kappa shape index (κ1) is 22.8. The van der Waals surface area contributed by atoms with Gasteiger partial charge >= 0.3 is 0 Å². The molecular weight excluding hydrogens is 506 g/mol. The van der Waals surface area contributed by atoms with Crippen LogP contribution < -0.4 is 5.73 Å². The minimum atomic E-state index is -1.67. The Balaban J connectivity index is 1.74. The van der Waals surface area contributed by atoms with E-state index in [4.69, 9.17) is 17.3 Å². The molecule has 1 amide bonds. The van der Waals surface area contributed by atoms with Gasteiger partial charge in [0.2, 0.25) is 5.91 Å². The average Bonchev–Trinajstić information content (AvgIpc) is 2.69. The van der Waals surface area contributed by atoms with E-state index in [2.05, 4.69) is 15.9 Å². The number of nitrogens with two attached hydrogens (primary N) is 1. The van der Waals surface area contributed by atoms with Crippen LogP contribution in [-0.2, 0) is 36.8 Å². The van der Waals surface area contributed by atoms with Gasteiger partial charge in [0, 0.05) is 23.4 Å². The van der Waals surface area contributed by atoms with Gasteiger partial charge in [0.05, 0.1) is 22.7 Å². The number of primary amides is 1. The predicted octanol–water partition coefficient (Wildman–Crippen LogP) is 1.37. The lowest BCUT2D eigenvalue weighted by Crippen LogP contribution is -2.56. The van der Waals surface area contributed by atoms with Crippen LogP contribution >= 0.6 is 27.5 Å². The number of phenols is 1. The SMILES string of the molecule is NC(=O)C1C(=O)CC2CC3Cc4cc(Cl)c(CC(=O)CBr)c(O)c4C(=O)C3C(=O)C2C1=O. The van der Waals surface area contributed by atoms with Gasteiger partial charge in [-0.15, -0.1) is 0 Å². The first-order valence-corrected chi connectivity index (χ1v) is 11.6. The van der Waals surface area contributed by atoms with Crippen molar-refractivity contribution in [2.75, 3.05) is 5.33 Å². The molecule has 1 aromatic carbocycles. The van der Waals surface area contributed by atoms with Crippen LogP contribution in [0.4, 0.5) is 0 Å². The second-order valence-electron chi connectivity index (χ2n) is 8.66. The Morgan fingerprint density at radius 3 is 2.38 bits per heavy atom. The van der Waals surface area contributed by atoms with Crippen LogP contribution in [0.1, 0.15) is 34.3 Å². The molecule has 1 aromatic rings. The fourth-order valence-corrected chi connectivity index (χ4v) is 5.95. The van der Waals surface area contributed by atoms with Crippen molar-refractivity contribution in [3.8, 4) is 5.75 Å². The summed E-state index contributed by atoms with van der Waals surface area (Å²) >= 11 is 9.32. The first-order valence-electron chi connectivity index (χ1n) is 10.1. The normalized spacial score (nSPS) is 29.2. The number of hydrogen-bond acceptors (Lipinski definition) is 7. The van der Waals surface area contributed by atoms with Crippen LogP contribution in [0.2, 0.25) is 5.02 Å². The smallest absolute Gasteiger partial charge is 0.235 e. The van der Waals surface area contributed by atoms with Crippen LogP contribution in [0.25, 0.3) is 0 Å². The number of carbonyl (C=O) groups excluding carboxylic acids is 6. The highest BCUT2D eigenvalue weighted by atomic mass is 79.9. The molecule has 0 spiro atoms. The van der Waals surface area contributed by atoms with Crippen molar-refractivity contribution >= 4 is 62.4 Å². The molecule has 3 aliphatic carbocycles. The van der Waals surface area contributed by atoms with E-state index < -0.39 is 64.4 Å². The Labute approximate surface area is 196 Å². The molecule has 0 saturated heterocycles. The largest absolute Gasteiger partial charge is 0.507 e. The van der Waals surface area contributed by atoms with E-state index in [1.807, 2.05) is 0 Å². The van der Waals surface area contributed by atoms with Gasteiger partial charge in [0.1, 0.15) is 11.5 Å². The molecule has 2 fully saturated rings. The van der Waals surface area contributed by atoms with Crippen LogP contribution in [0.15, 0.2) is 6.07 Å².